The zero-order valence-electron chi connectivity index (χ0n) is 16.5. The van der Waals surface area contributed by atoms with E-state index in [2.05, 4.69) is 6.92 Å². The van der Waals surface area contributed by atoms with Crippen molar-refractivity contribution in [3.05, 3.63) is 6.92 Å². The van der Waals surface area contributed by atoms with Gasteiger partial charge in [0.15, 0.2) is 0 Å². The highest BCUT2D eigenvalue weighted by Crippen LogP contribution is 1.97. The van der Waals surface area contributed by atoms with Crippen molar-refractivity contribution in [2.24, 2.45) is 0 Å². The predicted molar refractivity (Wildman–Crippen MR) is 100 cm³/mol. The van der Waals surface area contributed by atoms with E-state index >= 15 is 0 Å². The van der Waals surface area contributed by atoms with Crippen LogP contribution in [0.25, 0.3) is 0 Å². The van der Waals surface area contributed by atoms with Crippen LogP contribution in [0.15, 0.2) is 0 Å². The normalized spacial score (nSPS) is 10.5. The molecule has 0 heterocycles. The number of hydrogen-bond acceptors (Lipinski definition) is 9. The van der Waals surface area contributed by atoms with Crippen LogP contribution in [-0.2, 0) is 28.8 Å². The Bertz CT molecular complexity index is 563. The number of carboxylic acid groups (broad SMARTS) is 6. The van der Waals surface area contributed by atoms with Gasteiger partial charge in [0.25, 0.3) is 0 Å². The molecule has 0 fully saturated rings. The molecule has 0 amide bonds. The molecule has 177 valence electrons. The first kappa shape index (κ1) is 29.9. The molecule has 0 aromatic rings. The van der Waals surface area contributed by atoms with E-state index < -0.39 is 68.5 Å². The van der Waals surface area contributed by atoms with Gasteiger partial charge >= 0.3 is 35.8 Å². The van der Waals surface area contributed by atoms with Gasteiger partial charge < -0.3 is 30.6 Å². The summed E-state index contributed by atoms with van der Waals surface area (Å²) in [5.74, 6) is -7.24. The first-order valence-electron chi connectivity index (χ1n) is 8.53. The molecule has 0 aliphatic carbocycles. The van der Waals surface area contributed by atoms with Gasteiger partial charge in [-0.2, -0.15) is 0 Å². The molecule has 0 bridgehead atoms. The van der Waals surface area contributed by atoms with Crippen LogP contribution in [0.4, 0.5) is 0 Å². The zero-order valence-corrected chi connectivity index (χ0v) is 16.5. The lowest BCUT2D eigenvalue weighted by Gasteiger charge is -2.27. The topological polar surface area (TPSA) is 234 Å². The summed E-state index contributed by atoms with van der Waals surface area (Å²) < 4.78 is 0. The Labute approximate surface area is 176 Å². The number of carboxylic acids is 6. The van der Waals surface area contributed by atoms with Crippen molar-refractivity contribution in [2.75, 3.05) is 58.9 Å². The van der Waals surface area contributed by atoms with Crippen LogP contribution >= 0.6 is 0 Å². The molecule has 0 aliphatic rings. The second-order valence-corrected chi connectivity index (χ2v) is 6.06. The third kappa shape index (κ3) is 22.8. The monoisotopic (exact) mass is 452 g/mol. The second-order valence-electron chi connectivity index (χ2n) is 6.06. The van der Waals surface area contributed by atoms with Crippen molar-refractivity contribution in [3.8, 4) is 0 Å². The molecule has 6 N–H and O–H groups in total. The lowest BCUT2D eigenvalue weighted by Crippen LogP contribution is -2.45. The fraction of sp³-hybridized carbons (Fsp3) is 0.562. The number of carbonyl (C=O) groups is 6. The average Bonchev–Trinajstić information content (AvgIpc) is 2.53. The van der Waals surface area contributed by atoms with Crippen LogP contribution < -0.4 is 0 Å². The second kappa shape index (κ2) is 16.5. The van der Waals surface area contributed by atoms with Gasteiger partial charge in [-0.15, -0.1) is 0 Å². The SMILES string of the molecule is O=C(O)CN(CCN(CC(=O)O)CC(=O)O)CCN(CC(=O)O)CC(=O)O.[CH2]C(=O)O. The van der Waals surface area contributed by atoms with Crippen molar-refractivity contribution >= 4 is 35.8 Å². The highest BCUT2D eigenvalue weighted by molar-refractivity contribution is 5.73. The summed E-state index contributed by atoms with van der Waals surface area (Å²) in [6.07, 6.45) is 0. The predicted octanol–water partition coefficient (Wildman–Crippen LogP) is -2.78. The Morgan fingerprint density at radius 2 is 0.613 bits per heavy atom. The van der Waals surface area contributed by atoms with E-state index in [-0.39, 0.29) is 26.2 Å². The summed E-state index contributed by atoms with van der Waals surface area (Å²) in [6.45, 7) is -0.180. The Kier molecular flexibility index (Phi) is 15.9. The summed E-state index contributed by atoms with van der Waals surface area (Å²) in [5.41, 5.74) is 0. The van der Waals surface area contributed by atoms with Gasteiger partial charge in [-0.05, 0) is 0 Å². The molecule has 0 rings (SSSR count). The Morgan fingerprint density at radius 3 is 0.806 bits per heavy atom. The van der Waals surface area contributed by atoms with Gasteiger partial charge in [0.2, 0.25) is 0 Å². The van der Waals surface area contributed by atoms with E-state index in [1.165, 1.54) is 4.90 Å². The van der Waals surface area contributed by atoms with Gasteiger partial charge in [-0.25, -0.2) is 0 Å². The van der Waals surface area contributed by atoms with Crippen molar-refractivity contribution in [2.45, 2.75) is 0 Å². The third-order valence-electron chi connectivity index (χ3n) is 3.26. The van der Waals surface area contributed by atoms with E-state index in [1.807, 2.05) is 0 Å². The van der Waals surface area contributed by atoms with Crippen LogP contribution in [0.5, 0.6) is 0 Å². The zero-order chi connectivity index (χ0) is 24.6. The van der Waals surface area contributed by atoms with E-state index in [0.29, 0.717) is 0 Å². The van der Waals surface area contributed by atoms with E-state index in [9.17, 15) is 24.0 Å². The summed E-state index contributed by atoms with van der Waals surface area (Å²) in [4.78, 5) is 66.5. The van der Waals surface area contributed by atoms with Crippen LogP contribution in [0, 0.1) is 6.92 Å². The molecule has 15 nitrogen and oxygen atoms in total. The number of hydrogen-bond donors (Lipinski definition) is 6. The minimum atomic E-state index is -1.24. The molecule has 0 unspecified atom stereocenters. The van der Waals surface area contributed by atoms with Crippen LogP contribution in [-0.4, -0.2) is 140 Å². The molecular weight excluding hydrogens is 426 g/mol. The minimum Gasteiger partial charge on any atom is -0.481 e. The number of rotatable bonds is 16. The highest BCUT2D eigenvalue weighted by atomic mass is 16.4. The molecular formula is C16H26N3O12. The molecule has 0 spiro atoms. The summed E-state index contributed by atoms with van der Waals surface area (Å²) in [5, 5.41) is 51.4. The lowest BCUT2D eigenvalue weighted by molar-refractivity contribution is -0.143. The summed E-state index contributed by atoms with van der Waals surface area (Å²) in [6, 6.07) is 0. The van der Waals surface area contributed by atoms with Crippen molar-refractivity contribution in [1.29, 1.82) is 0 Å². The first-order valence-corrected chi connectivity index (χ1v) is 8.53. The van der Waals surface area contributed by atoms with Crippen LogP contribution in [0.1, 0.15) is 0 Å². The van der Waals surface area contributed by atoms with Gasteiger partial charge in [-0.1, -0.05) is 0 Å². The van der Waals surface area contributed by atoms with Gasteiger partial charge in [0, 0.05) is 26.2 Å². The average molecular weight is 452 g/mol. The molecule has 0 saturated heterocycles. The number of nitrogens with zero attached hydrogens (tertiary/aromatic N) is 3. The molecule has 1 radical (unpaired) electrons. The Morgan fingerprint density at radius 1 is 0.452 bits per heavy atom. The molecule has 0 aromatic heterocycles. The summed E-state index contributed by atoms with van der Waals surface area (Å²) in [7, 11) is 0. The smallest absolute Gasteiger partial charge is 0.317 e. The standard InChI is InChI=1S/C14H23N3O10.C2H3O2/c18-10(19)5-15(1-3-16(6-11(20)21)7-12(22)23)2-4-17(8-13(24)25)9-14(26)27;1-2(3)4/h1-9H2,(H,18,19)(H,20,21)(H,22,23)(H,24,25)(H,26,27);1H2,(H,3,4). The maximum Gasteiger partial charge on any atom is 0.317 e. The molecule has 0 aromatic carbocycles. The van der Waals surface area contributed by atoms with Gasteiger partial charge in [-0.3, -0.25) is 43.5 Å². The van der Waals surface area contributed by atoms with Gasteiger partial charge in [0.05, 0.1) is 39.6 Å². The Balaban J connectivity index is 0. The summed E-state index contributed by atoms with van der Waals surface area (Å²) >= 11 is 0. The lowest BCUT2D eigenvalue weighted by atomic mass is 10.3. The molecule has 0 saturated carbocycles. The van der Waals surface area contributed by atoms with Crippen LogP contribution in [0.3, 0.4) is 0 Å². The minimum absolute atomic E-state index is 0.000836. The fourth-order valence-electron chi connectivity index (χ4n) is 2.22. The van der Waals surface area contributed by atoms with Crippen molar-refractivity contribution in [1.82, 2.24) is 14.7 Å². The fourth-order valence-corrected chi connectivity index (χ4v) is 2.22. The van der Waals surface area contributed by atoms with E-state index in [0.717, 1.165) is 9.80 Å². The van der Waals surface area contributed by atoms with Gasteiger partial charge in [0.1, 0.15) is 0 Å². The highest BCUT2D eigenvalue weighted by Gasteiger charge is 2.19. The third-order valence-corrected chi connectivity index (χ3v) is 3.26. The van der Waals surface area contributed by atoms with Crippen molar-refractivity contribution < 1.29 is 59.4 Å². The number of aliphatic carboxylic acids is 6. The first-order chi connectivity index (χ1) is 14.2. The quantitative estimate of drug-likeness (QED) is 0.139. The molecule has 0 atom stereocenters. The van der Waals surface area contributed by atoms with E-state index in [1.54, 1.807) is 0 Å². The maximum atomic E-state index is 11.0. The van der Waals surface area contributed by atoms with Crippen LogP contribution in [0.2, 0.25) is 0 Å². The van der Waals surface area contributed by atoms with Crippen molar-refractivity contribution in [3.63, 3.8) is 0 Å². The van der Waals surface area contributed by atoms with E-state index in [4.69, 9.17) is 35.4 Å². The molecule has 31 heavy (non-hydrogen) atoms. The maximum absolute atomic E-state index is 11.0. The molecule has 0 aliphatic heterocycles. The Hall–Kier alpha value is -3.30. The largest absolute Gasteiger partial charge is 0.481 e. The molecule has 15 heteroatoms.